The van der Waals surface area contributed by atoms with Crippen molar-refractivity contribution in [1.82, 2.24) is 0 Å². The zero-order valence-electron chi connectivity index (χ0n) is 11.0. The smallest absolute Gasteiger partial charge is 0.0728 e. The van der Waals surface area contributed by atoms with Gasteiger partial charge in [-0.1, -0.05) is 41.9 Å². The summed E-state index contributed by atoms with van der Waals surface area (Å²) in [6, 6.07) is 0. The minimum atomic E-state index is -0.298. The van der Waals surface area contributed by atoms with E-state index in [0.717, 1.165) is 19.3 Å². The van der Waals surface area contributed by atoms with Crippen LogP contribution < -0.4 is 0 Å². The Kier molecular flexibility index (Phi) is 5.01. The molecule has 0 fully saturated rings. The monoisotopic (exact) mass is 220 g/mol. The molecule has 2 unspecified atom stereocenters. The van der Waals surface area contributed by atoms with E-state index < -0.39 is 0 Å². The molecule has 1 aliphatic carbocycles. The fourth-order valence-electron chi connectivity index (χ4n) is 2.12. The largest absolute Gasteiger partial charge is 0.389 e. The first-order valence-corrected chi connectivity index (χ1v) is 6.16. The minimum absolute atomic E-state index is 0.298. The first-order valence-electron chi connectivity index (χ1n) is 6.16. The third-order valence-corrected chi connectivity index (χ3v) is 3.13. The van der Waals surface area contributed by atoms with E-state index in [9.17, 15) is 5.11 Å². The molecule has 0 heterocycles. The fourth-order valence-corrected chi connectivity index (χ4v) is 2.12. The zero-order valence-corrected chi connectivity index (χ0v) is 11.0. The van der Waals surface area contributed by atoms with Crippen LogP contribution in [0.1, 0.15) is 47.0 Å². The average molecular weight is 220 g/mol. The predicted octanol–water partition coefficient (Wildman–Crippen LogP) is 4.01. The Labute approximate surface area is 99.6 Å². The van der Waals surface area contributed by atoms with Gasteiger partial charge in [0, 0.05) is 0 Å². The van der Waals surface area contributed by atoms with Gasteiger partial charge in [0.2, 0.25) is 0 Å². The van der Waals surface area contributed by atoms with Crippen LogP contribution in [-0.2, 0) is 0 Å². The first-order chi connectivity index (χ1) is 7.49. The van der Waals surface area contributed by atoms with E-state index in [0.29, 0.717) is 5.92 Å². The molecule has 1 nitrogen and oxygen atoms in total. The van der Waals surface area contributed by atoms with Crippen LogP contribution in [0.4, 0.5) is 0 Å². The zero-order chi connectivity index (χ0) is 12.1. The Morgan fingerprint density at radius 2 is 2.06 bits per heavy atom. The quantitative estimate of drug-likeness (QED) is 0.710. The topological polar surface area (TPSA) is 20.2 Å². The molecule has 0 amide bonds. The lowest BCUT2D eigenvalue weighted by Crippen LogP contribution is -2.12. The Balaban J connectivity index is 2.47. The normalized spacial score (nSPS) is 19.6. The maximum absolute atomic E-state index is 9.85. The highest BCUT2D eigenvalue weighted by Crippen LogP contribution is 2.26. The number of rotatable bonds is 4. The number of hydrogen-bond acceptors (Lipinski definition) is 1. The summed E-state index contributed by atoms with van der Waals surface area (Å²) >= 11 is 0. The summed E-state index contributed by atoms with van der Waals surface area (Å²) < 4.78 is 0. The van der Waals surface area contributed by atoms with E-state index in [1.165, 1.54) is 16.7 Å². The van der Waals surface area contributed by atoms with Crippen molar-refractivity contribution < 1.29 is 5.11 Å². The van der Waals surface area contributed by atoms with Gasteiger partial charge in [0.25, 0.3) is 0 Å². The third kappa shape index (κ3) is 4.36. The predicted molar refractivity (Wildman–Crippen MR) is 70.3 cm³/mol. The molecule has 0 aromatic heterocycles. The van der Waals surface area contributed by atoms with E-state index in [-0.39, 0.29) is 6.10 Å². The Bertz CT molecular complexity index is 316. The lowest BCUT2D eigenvalue weighted by molar-refractivity contribution is 0.196. The van der Waals surface area contributed by atoms with Crippen molar-refractivity contribution in [2.75, 3.05) is 0 Å². The summed E-state index contributed by atoms with van der Waals surface area (Å²) in [5, 5.41) is 9.85. The molecule has 2 atom stereocenters. The highest BCUT2D eigenvalue weighted by atomic mass is 16.3. The standard InChI is InChI=1S/C15H24O/c1-11(2)9-15(16)10-13(4)14-7-5-12(3)6-8-14/h5,8-9,13,15-16H,6-7,10H2,1-4H3. The van der Waals surface area contributed by atoms with E-state index in [1.807, 2.05) is 19.9 Å². The van der Waals surface area contributed by atoms with Gasteiger partial charge in [0.05, 0.1) is 6.10 Å². The van der Waals surface area contributed by atoms with E-state index in [4.69, 9.17) is 0 Å². The van der Waals surface area contributed by atoms with Crippen molar-refractivity contribution in [3.05, 3.63) is 34.9 Å². The SMILES string of the molecule is CC(C)=CC(O)CC(C)C1=CCC(C)=CC1. The van der Waals surface area contributed by atoms with Crippen LogP contribution in [0.15, 0.2) is 34.9 Å². The molecule has 0 aromatic carbocycles. The molecule has 1 rings (SSSR count). The molecule has 0 radical (unpaired) electrons. The van der Waals surface area contributed by atoms with Crippen LogP contribution in [0.5, 0.6) is 0 Å². The van der Waals surface area contributed by atoms with E-state index in [2.05, 4.69) is 26.0 Å². The molecule has 1 aliphatic rings. The molecule has 0 spiro atoms. The molecule has 1 heteroatoms. The molecular weight excluding hydrogens is 196 g/mol. The molecule has 1 N–H and O–H groups in total. The van der Waals surface area contributed by atoms with Crippen molar-refractivity contribution in [1.29, 1.82) is 0 Å². The van der Waals surface area contributed by atoms with E-state index >= 15 is 0 Å². The summed E-state index contributed by atoms with van der Waals surface area (Å²) in [6.45, 7) is 8.44. The van der Waals surface area contributed by atoms with Gasteiger partial charge < -0.3 is 5.11 Å². The fraction of sp³-hybridized carbons (Fsp3) is 0.600. The van der Waals surface area contributed by atoms with Crippen molar-refractivity contribution in [2.24, 2.45) is 5.92 Å². The summed E-state index contributed by atoms with van der Waals surface area (Å²) in [5.41, 5.74) is 4.13. The number of allylic oxidation sites excluding steroid dienone is 5. The average Bonchev–Trinajstić information content (AvgIpc) is 2.16. The molecule has 0 aliphatic heterocycles. The van der Waals surface area contributed by atoms with Crippen LogP contribution in [0, 0.1) is 5.92 Å². The van der Waals surface area contributed by atoms with Crippen LogP contribution in [0.3, 0.4) is 0 Å². The second-order valence-electron chi connectivity index (χ2n) is 5.19. The maximum atomic E-state index is 9.85. The minimum Gasteiger partial charge on any atom is -0.389 e. The summed E-state index contributed by atoms with van der Waals surface area (Å²) in [5.74, 6) is 0.481. The van der Waals surface area contributed by atoms with Gasteiger partial charge >= 0.3 is 0 Å². The van der Waals surface area contributed by atoms with Gasteiger partial charge in [0.15, 0.2) is 0 Å². The summed E-state index contributed by atoms with van der Waals surface area (Å²) in [6.07, 6.45) is 9.26. The summed E-state index contributed by atoms with van der Waals surface area (Å²) in [4.78, 5) is 0. The number of hydrogen-bond donors (Lipinski definition) is 1. The third-order valence-electron chi connectivity index (χ3n) is 3.13. The highest BCUT2D eigenvalue weighted by molar-refractivity contribution is 5.22. The Morgan fingerprint density at radius 1 is 1.38 bits per heavy atom. The number of aliphatic hydroxyl groups is 1. The van der Waals surface area contributed by atoms with Gasteiger partial charge in [-0.3, -0.25) is 0 Å². The highest BCUT2D eigenvalue weighted by Gasteiger charge is 2.13. The molecule has 0 saturated heterocycles. The number of aliphatic hydroxyl groups excluding tert-OH is 1. The van der Waals surface area contributed by atoms with Gasteiger partial charge in [-0.15, -0.1) is 0 Å². The first kappa shape index (κ1) is 13.2. The second kappa shape index (κ2) is 6.05. The molecule has 0 bridgehead atoms. The Morgan fingerprint density at radius 3 is 2.56 bits per heavy atom. The van der Waals surface area contributed by atoms with Crippen LogP contribution in [-0.4, -0.2) is 11.2 Å². The molecule has 90 valence electrons. The van der Waals surface area contributed by atoms with E-state index in [1.54, 1.807) is 0 Å². The molecule has 16 heavy (non-hydrogen) atoms. The van der Waals surface area contributed by atoms with Crippen molar-refractivity contribution >= 4 is 0 Å². The van der Waals surface area contributed by atoms with Crippen molar-refractivity contribution in [3.8, 4) is 0 Å². The second-order valence-corrected chi connectivity index (χ2v) is 5.19. The van der Waals surface area contributed by atoms with Crippen molar-refractivity contribution in [3.63, 3.8) is 0 Å². The van der Waals surface area contributed by atoms with Crippen LogP contribution in [0.2, 0.25) is 0 Å². The summed E-state index contributed by atoms with van der Waals surface area (Å²) in [7, 11) is 0. The van der Waals surface area contributed by atoms with Crippen LogP contribution in [0.25, 0.3) is 0 Å². The van der Waals surface area contributed by atoms with Gasteiger partial charge in [0.1, 0.15) is 0 Å². The molecular formula is C15H24O. The van der Waals surface area contributed by atoms with Crippen LogP contribution >= 0.6 is 0 Å². The maximum Gasteiger partial charge on any atom is 0.0728 e. The lowest BCUT2D eigenvalue weighted by atomic mass is 9.87. The molecule has 0 saturated carbocycles. The van der Waals surface area contributed by atoms with Gasteiger partial charge in [-0.05, 0) is 46.0 Å². The van der Waals surface area contributed by atoms with Gasteiger partial charge in [-0.25, -0.2) is 0 Å². The lowest BCUT2D eigenvalue weighted by Gasteiger charge is -2.20. The molecule has 0 aromatic rings. The van der Waals surface area contributed by atoms with Crippen molar-refractivity contribution in [2.45, 2.75) is 53.1 Å². The Hall–Kier alpha value is -0.820. The van der Waals surface area contributed by atoms with Gasteiger partial charge in [-0.2, -0.15) is 0 Å².